The minimum atomic E-state index is -4.50. The third kappa shape index (κ3) is 5.32. The average molecular weight is 499 g/mol. The topological polar surface area (TPSA) is 106 Å². The SMILES string of the molecule is Cc1cccc(N(C)CC(=O)NCC(F)(F)F)c1N(C=O)c1ccc(C2=c3cn[nH]c3=CNC2)cn1. The lowest BCUT2D eigenvalue weighted by atomic mass is 10.0. The van der Waals surface area contributed by atoms with Gasteiger partial charge in [-0.1, -0.05) is 12.1 Å². The first-order valence-corrected chi connectivity index (χ1v) is 11.0. The molecule has 4 rings (SSSR count). The Hall–Kier alpha value is -4.35. The Kier molecular flexibility index (Phi) is 6.95. The third-order valence-corrected chi connectivity index (χ3v) is 5.70. The second-order valence-electron chi connectivity index (χ2n) is 8.27. The monoisotopic (exact) mass is 499 g/mol. The standard InChI is InChI=1S/C24H24F3N7O2/c1-15-4-3-5-20(33(2)12-22(36)30-13-24(25,26)27)23(15)34(14-35)21-7-6-16(8-29-21)17-9-28-11-19-18(17)10-31-32-19/h3-8,10-11,14,28,32H,9,12-13H2,1-2H3,(H,30,36). The first-order valence-electron chi connectivity index (χ1n) is 11.0. The van der Waals surface area contributed by atoms with Gasteiger partial charge < -0.3 is 15.5 Å². The normalized spacial score (nSPS) is 12.8. The highest BCUT2D eigenvalue weighted by molar-refractivity contribution is 5.94. The van der Waals surface area contributed by atoms with Crippen molar-refractivity contribution in [2.24, 2.45) is 0 Å². The number of alkyl halides is 3. The Morgan fingerprint density at radius 3 is 2.72 bits per heavy atom. The maximum absolute atomic E-state index is 12.4. The van der Waals surface area contributed by atoms with E-state index in [1.807, 2.05) is 17.6 Å². The van der Waals surface area contributed by atoms with E-state index < -0.39 is 18.6 Å². The number of nitrogens with one attached hydrogen (secondary N) is 3. The van der Waals surface area contributed by atoms with Crippen LogP contribution in [-0.4, -0.2) is 60.4 Å². The van der Waals surface area contributed by atoms with E-state index in [1.54, 1.807) is 50.6 Å². The van der Waals surface area contributed by atoms with Gasteiger partial charge in [-0.3, -0.25) is 19.6 Å². The van der Waals surface area contributed by atoms with Gasteiger partial charge in [-0.15, -0.1) is 0 Å². The van der Waals surface area contributed by atoms with Crippen LogP contribution in [0.3, 0.4) is 0 Å². The van der Waals surface area contributed by atoms with Gasteiger partial charge in [0.1, 0.15) is 12.4 Å². The highest BCUT2D eigenvalue weighted by Crippen LogP contribution is 2.35. The summed E-state index contributed by atoms with van der Waals surface area (Å²) in [6, 6.07) is 8.78. The number of H-pyrrole nitrogens is 1. The number of carbonyl (C=O) groups excluding carboxylic acids is 2. The lowest BCUT2D eigenvalue weighted by Gasteiger charge is -2.28. The summed E-state index contributed by atoms with van der Waals surface area (Å²) in [5.74, 6) is -0.445. The van der Waals surface area contributed by atoms with E-state index in [0.29, 0.717) is 30.1 Å². The minimum Gasteiger partial charge on any atom is -0.385 e. The average Bonchev–Trinajstić information content (AvgIpc) is 3.33. The van der Waals surface area contributed by atoms with E-state index in [-0.39, 0.29) is 6.54 Å². The van der Waals surface area contributed by atoms with Crippen LogP contribution < -0.4 is 31.0 Å². The minimum absolute atomic E-state index is 0.332. The van der Waals surface area contributed by atoms with E-state index in [1.165, 1.54) is 9.80 Å². The van der Waals surface area contributed by atoms with Gasteiger partial charge in [-0.25, -0.2) is 4.98 Å². The predicted octanol–water partition coefficient (Wildman–Crippen LogP) is 1.06. The summed E-state index contributed by atoms with van der Waals surface area (Å²) in [6.07, 6.45) is 1.37. The number of anilines is 3. The highest BCUT2D eigenvalue weighted by Gasteiger charge is 2.28. The summed E-state index contributed by atoms with van der Waals surface area (Å²) < 4.78 is 37.3. The number of pyridine rings is 1. The molecule has 0 bridgehead atoms. The van der Waals surface area contributed by atoms with Crippen LogP contribution in [0.1, 0.15) is 11.1 Å². The molecule has 0 saturated heterocycles. The van der Waals surface area contributed by atoms with Crippen molar-refractivity contribution in [2.45, 2.75) is 13.1 Å². The number of hydrogen-bond acceptors (Lipinski definition) is 6. The smallest absolute Gasteiger partial charge is 0.385 e. The van der Waals surface area contributed by atoms with Gasteiger partial charge in [0, 0.05) is 31.2 Å². The van der Waals surface area contributed by atoms with Crippen molar-refractivity contribution >= 4 is 41.3 Å². The van der Waals surface area contributed by atoms with Crippen molar-refractivity contribution in [1.29, 1.82) is 0 Å². The Bertz CT molecular complexity index is 1380. The summed E-state index contributed by atoms with van der Waals surface area (Å²) in [6.45, 7) is 0.640. The van der Waals surface area contributed by atoms with E-state index in [9.17, 15) is 22.8 Å². The van der Waals surface area contributed by atoms with Gasteiger partial charge in [0.05, 0.1) is 29.5 Å². The van der Waals surface area contributed by atoms with E-state index in [4.69, 9.17) is 0 Å². The van der Waals surface area contributed by atoms with Crippen molar-refractivity contribution in [1.82, 2.24) is 25.8 Å². The zero-order valence-corrected chi connectivity index (χ0v) is 19.6. The number of fused-ring (bicyclic) bond motifs is 1. The van der Waals surface area contributed by atoms with E-state index in [2.05, 4.69) is 20.5 Å². The van der Waals surface area contributed by atoms with Crippen LogP contribution in [0.2, 0.25) is 0 Å². The summed E-state index contributed by atoms with van der Waals surface area (Å²) in [5.41, 5.74) is 3.53. The van der Waals surface area contributed by atoms with Crippen LogP contribution >= 0.6 is 0 Å². The molecule has 0 spiro atoms. The molecule has 2 amide bonds. The molecule has 3 N–H and O–H groups in total. The molecule has 1 aliphatic heterocycles. The van der Waals surface area contributed by atoms with Crippen molar-refractivity contribution in [3.8, 4) is 0 Å². The number of para-hydroxylation sites is 1. The third-order valence-electron chi connectivity index (χ3n) is 5.70. The van der Waals surface area contributed by atoms with Crippen molar-refractivity contribution in [3.63, 3.8) is 0 Å². The van der Waals surface area contributed by atoms with Crippen LogP contribution in [0.25, 0.3) is 11.8 Å². The number of amides is 2. The van der Waals surface area contributed by atoms with Crippen LogP contribution in [-0.2, 0) is 9.59 Å². The zero-order valence-electron chi connectivity index (χ0n) is 19.6. The Morgan fingerprint density at radius 1 is 1.22 bits per heavy atom. The van der Waals surface area contributed by atoms with Crippen LogP contribution in [0.15, 0.2) is 42.7 Å². The molecule has 188 valence electrons. The van der Waals surface area contributed by atoms with Gasteiger partial charge >= 0.3 is 6.18 Å². The molecule has 0 fully saturated rings. The number of aryl methyl sites for hydroxylation is 1. The summed E-state index contributed by atoms with van der Waals surface area (Å²) in [5, 5.41) is 13.9. The molecule has 3 heterocycles. The number of aromatic nitrogens is 3. The van der Waals surface area contributed by atoms with Crippen molar-refractivity contribution in [2.75, 3.05) is 36.5 Å². The number of nitrogens with zero attached hydrogens (tertiary/aromatic N) is 4. The number of hydrogen-bond donors (Lipinski definition) is 3. The summed E-state index contributed by atoms with van der Waals surface area (Å²) in [7, 11) is 1.57. The maximum Gasteiger partial charge on any atom is 0.405 e. The Morgan fingerprint density at radius 2 is 2.03 bits per heavy atom. The lowest BCUT2D eigenvalue weighted by Crippen LogP contribution is -2.40. The van der Waals surface area contributed by atoms with Gasteiger partial charge in [0.15, 0.2) is 0 Å². The predicted molar refractivity (Wildman–Crippen MR) is 129 cm³/mol. The molecule has 1 aromatic carbocycles. The summed E-state index contributed by atoms with van der Waals surface area (Å²) >= 11 is 0. The summed E-state index contributed by atoms with van der Waals surface area (Å²) in [4.78, 5) is 31.6. The second kappa shape index (κ2) is 10.1. The fourth-order valence-corrected chi connectivity index (χ4v) is 4.00. The number of carbonyl (C=O) groups is 2. The fraction of sp³-hybridized carbons (Fsp3) is 0.250. The number of aromatic amines is 1. The molecule has 12 heteroatoms. The van der Waals surface area contributed by atoms with Crippen LogP contribution in [0.4, 0.5) is 30.4 Å². The fourth-order valence-electron chi connectivity index (χ4n) is 4.00. The zero-order chi connectivity index (χ0) is 25.9. The molecule has 0 radical (unpaired) electrons. The Balaban J connectivity index is 1.62. The number of benzene rings is 1. The van der Waals surface area contributed by atoms with Gasteiger partial charge in [0.25, 0.3) is 0 Å². The highest BCUT2D eigenvalue weighted by atomic mass is 19.4. The molecular formula is C24H24F3N7O2. The molecule has 0 saturated carbocycles. The van der Waals surface area contributed by atoms with Crippen LogP contribution in [0, 0.1) is 6.92 Å². The maximum atomic E-state index is 12.4. The molecule has 0 aliphatic carbocycles. The largest absolute Gasteiger partial charge is 0.405 e. The number of likely N-dealkylation sites (N-methyl/N-ethyl adjacent to an activating group) is 1. The number of rotatable bonds is 8. The molecule has 1 aliphatic rings. The molecule has 0 unspecified atom stereocenters. The van der Waals surface area contributed by atoms with E-state index >= 15 is 0 Å². The molecule has 9 nitrogen and oxygen atoms in total. The lowest BCUT2D eigenvalue weighted by molar-refractivity contribution is -0.137. The molecule has 3 aromatic rings. The quantitative estimate of drug-likeness (QED) is 0.401. The number of halogens is 3. The molecule has 0 atom stereocenters. The molecule has 2 aromatic heterocycles. The van der Waals surface area contributed by atoms with Gasteiger partial charge in [-0.05, 0) is 41.8 Å². The second-order valence-corrected chi connectivity index (χ2v) is 8.27. The van der Waals surface area contributed by atoms with Gasteiger partial charge in [0.2, 0.25) is 12.3 Å². The van der Waals surface area contributed by atoms with Crippen molar-refractivity contribution in [3.05, 3.63) is 64.4 Å². The Labute approximate surface area is 204 Å². The first kappa shape index (κ1) is 24.8. The van der Waals surface area contributed by atoms with Crippen molar-refractivity contribution < 1.29 is 22.8 Å². The molecular weight excluding hydrogens is 475 g/mol. The molecule has 36 heavy (non-hydrogen) atoms. The van der Waals surface area contributed by atoms with Gasteiger partial charge in [-0.2, -0.15) is 18.3 Å². The van der Waals surface area contributed by atoms with Crippen LogP contribution in [0.5, 0.6) is 0 Å². The first-order chi connectivity index (χ1) is 17.2. The van der Waals surface area contributed by atoms with E-state index in [0.717, 1.165) is 27.3 Å².